The van der Waals surface area contributed by atoms with Gasteiger partial charge >= 0.3 is 0 Å². The molecule has 1 heterocycles. The standard InChI is InChI=1S/C13H17ClFNO2/c1-9-8-18-12(7-17)6-16(9)5-10-4-11(15)2-3-13(10)14/h2-4,9,12,17H,5-8H2,1H3. The smallest absolute Gasteiger partial charge is 0.123 e. The van der Waals surface area contributed by atoms with Gasteiger partial charge in [0.05, 0.1) is 19.3 Å². The number of hydrogen-bond acceptors (Lipinski definition) is 3. The lowest BCUT2D eigenvalue weighted by molar-refractivity contribution is -0.0805. The van der Waals surface area contributed by atoms with Gasteiger partial charge in [0.2, 0.25) is 0 Å². The van der Waals surface area contributed by atoms with Gasteiger partial charge in [-0.3, -0.25) is 4.90 Å². The Kier molecular flexibility index (Phi) is 4.56. The van der Waals surface area contributed by atoms with E-state index < -0.39 is 0 Å². The van der Waals surface area contributed by atoms with Gasteiger partial charge < -0.3 is 9.84 Å². The van der Waals surface area contributed by atoms with Gasteiger partial charge in [-0.15, -0.1) is 0 Å². The van der Waals surface area contributed by atoms with E-state index in [0.29, 0.717) is 24.7 Å². The van der Waals surface area contributed by atoms with Crippen molar-refractivity contribution in [1.82, 2.24) is 4.90 Å². The Labute approximate surface area is 111 Å². The van der Waals surface area contributed by atoms with Crippen molar-refractivity contribution in [2.24, 2.45) is 0 Å². The number of aliphatic hydroxyl groups is 1. The first-order chi connectivity index (χ1) is 8.60. The van der Waals surface area contributed by atoms with E-state index in [4.69, 9.17) is 21.4 Å². The Hall–Kier alpha value is -0.680. The van der Waals surface area contributed by atoms with Crippen LogP contribution >= 0.6 is 11.6 Å². The van der Waals surface area contributed by atoms with Gasteiger partial charge in [0.1, 0.15) is 5.82 Å². The van der Waals surface area contributed by atoms with Crippen molar-refractivity contribution < 1.29 is 14.2 Å². The van der Waals surface area contributed by atoms with Crippen LogP contribution in [0, 0.1) is 5.82 Å². The summed E-state index contributed by atoms with van der Waals surface area (Å²) >= 11 is 6.06. The van der Waals surface area contributed by atoms with E-state index in [2.05, 4.69) is 4.90 Å². The largest absolute Gasteiger partial charge is 0.394 e. The summed E-state index contributed by atoms with van der Waals surface area (Å²) in [4.78, 5) is 2.14. The molecule has 100 valence electrons. The van der Waals surface area contributed by atoms with Gasteiger partial charge in [-0.25, -0.2) is 4.39 Å². The van der Waals surface area contributed by atoms with E-state index in [1.807, 2.05) is 6.92 Å². The van der Waals surface area contributed by atoms with Crippen molar-refractivity contribution in [2.45, 2.75) is 25.6 Å². The van der Waals surface area contributed by atoms with Crippen molar-refractivity contribution >= 4 is 11.6 Å². The molecule has 1 aromatic rings. The maximum Gasteiger partial charge on any atom is 0.123 e. The molecular weight excluding hydrogens is 257 g/mol. The number of nitrogens with zero attached hydrogens (tertiary/aromatic N) is 1. The number of hydrogen-bond donors (Lipinski definition) is 1. The molecule has 2 unspecified atom stereocenters. The minimum absolute atomic E-state index is 0.000102. The van der Waals surface area contributed by atoms with E-state index in [-0.39, 0.29) is 24.6 Å². The third-order valence-corrected chi connectivity index (χ3v) is 3.59. The van der Waals surface area contributed by atoms with E-state index >= 15 is 0 Å². The Balaban J connectivity index is 2.09. The molecule has 1 saturated heterocycles. The van der Waals surface area contributed by atoms with Gasteiger partial charge in [0.15, 0.2) is 0 Å². The molecular formula is C13H17ClFNO2. The second-order valence-electron chi connectivity index (χ2n) is 4.65. The van der Waals surface area contributed by atoms with Crippen LogP contribution in [0.2, 0.25) is 5.02 Å². The van der Waals surface area contributed by atoms with Crippen molar-refractivity contribution in [2.75, 3.05) is 19.8 Å². The number of morpholine rings is 1. The lowest BCUT2D eigenvalue weighted by Crippen LogP contribution is -2.48. The highest BCUT2D eigenvalue weighted by Gasteiger charge is 2.26. The predicted molar refractivity (Wildman–Crippen MR) is 68.1 cm³/mol. The Morgan fingerprint density at radius 3 is 3.06 bits per heavy atom. The van der Waals surface area contributed by atoms with Crippen LogP contribution in [-0.2, 0) is 11.3 Å². The van der Waals surface area contributed by atoms with Crippen LogP contribution in [0.4, 0.5) is 4.39 Å². The van der Waals surface area contributed by atoms with E-state index in [1.165, 1.54) is 12.1 Å². The normalized spacial score (nSPS) is 25.3. The average Bonchev–Trinajstić information content (AvgIpc) is 2.36. The molecule has 2 rings (SSSR count). The lowest BCUT2D eigenvalue weighted by atomic mass is 10.1. The van der Waals surface area contributed by atoms with E-state index in [0.717, 1.165) is 5.56 Å². The van der Waals surface area contributed by atoms with Crippen LogP contribution in [0.3, 0.4) is 0 Å². The third kappa shape index (κ3) is 3.20. The van der Waals surface area contributed by atoms with Crippen LogP contribution in [0.15, 0.2) is 18.2 Å². The molecule has 3 nitrogen and oxygen atoms in total. The minimum Gasteiger partial charge on any atom is -0.394 e. The molecule has 5 heteroatoms. The summed E-state index contributed by atoms with van der Waals surface area (Å²) in [5.74, 6) is -0.283. The fourth-order valence-corrected chi connectivity index (χ4v) is 2.27. The van der Waals surface area contributed by atoms with Gasteiger partial charge in [0, 0.05) is 24.2 Å². The van der Waals surface area contributed by atoms with Crippen molar-refractivity contribution in [3.63, 3.8) is 0 Å². The fourth-order valence-electron chi connectivity index (χ4n) is 2.09. The molecule has 0 saturated carbocycles. The average molecular weight is 274 g/mol. The van der Waals surface area contributed by atoms with Gasteiger partial charge in [-0.1, -0.05) is 11.6 Å². The Bertz CT molecular complexity index is 416. The first kappa shape index (κ1) is 13.7. The van der Waals surface area contributed by atoms with Crippen molar-refractivity contribution in [3.8, 4) is 0 Å². The number of halogens is 2. The SMILES string of the molecule is CC1COC(CO)CN1Cc1cc(F)ccc1Cl. The molecule has 0 radical (unpaired) electrons. The summed E-state index contributed by atoms with van der Waals surface area (Å²) in [5.41, 5.74) is 0.766. The zero-order valence-corrected chi connectivity index (χ0v) is 11.0. The van der Waals surface area contributed by atoms with E-state index in [1.54, 1.807) is 6.07 Å². The van der Waals surface area contributed by atoms with Crippen molar-refractivity contribution in [3.05, 3.63) is 34.6 Å². The first-order valence-corrected chi connectivity index (χ1v) is 6.38. The molecule has 1 aliphatic rings. The Morgan fingerprint density at radius 1 is 1.56 bits per heavy atom. The first-order valence-electron chi connectivity index (χ1n) is 6.00. The number of benzene rings is 1. The number of rotatable bonds is 3. The van der Waals surface area contributed by atoms with Gasteiger partial charge in [0.25, 0.3) is 0 Å². The van der Waals surface area contributed by atoms with Crippen molar-refractivity contribution in [1.29, 1.82) is 0 Å². The highest BCUT2D eigenvalue weighted by molar-refractivity contribution is 6.31. The summed E-state index contributed by atoms with van der Waals surface area (Å²) in [6, 6.07) is 4.61. The number of aliphatic hydroxyl groups excluding tert-OH is 1. The molecule has 2 atom stereocenters. The summed E-state index contributed by atoms with van der Waals surface area (Å²) in [6.45, 7) is 3.81. The summed E-state index contributed by atoms with van der Waals surface area (Å²) in [5, 5.41) is 9.69. The molecule has 0 aliphatic carbocycles. The molecule has 1 N–H and O–H groups in total. The van der Waals surface area contributed by atoms with Crippen LogP contribution in [0.5, 0.6) is 0 Å². The van der Waals surface area contributed by atoms with Gasteiger partial charge in [-0.05, 0) is 30.7 Å². The topological polar surface area (TPSA) is 32.7 Å². The predicted octanol–water partition coefficient (Wildman–Crippen LogP) is 2.06. The van der Waals surface area contributed by atoms with Crippen LogP contribution in [0.25, 0.3) is 0 Å². The highest BCUT2D eigenvalue weighted by atomic mass is 35.5. The van der Waals surface area contributed by atoms with Crippen LogP contribution in [0.1, 0.15) is 12.5 Å². The fraction of sp³-hybridized carbons (Fsp3) is 0.538. The molecule has 0 aromatic heterocycles. The lowest BCUT2D eigenvalue weighted by Gasteiger charge is -2.37. The second kappa shape index (κ2) is 5.97. The minimum atomic E-state index is -0.283. The third-order valence-electron chi connectivity index (χ3n) is 3.22. The second-order valence-corrected chi connectivity index (χ2v) is 5.06. The maximum atomic E-state index is 13.2. The van der Waals surface area contributed by atoms with Crippen LogP contribution < -0.4 is 0 Å². The molecule has 18 heavy (non-hydrogen) atoms. The molecule has 1 aromatic carbocycles. The van der Waals surface area contributed by atoms with E-state index in [9.17, 15) is 4.39 Å². The van der Waals surface area contributed by atoms with Crippen LogP contribution in [-0.4, -0.2) is 41.9 Å². The monoisotopic (exact) mass is 273 g/mol. The number of ether oxygens (including phenoxy) is 1. The Morgan fingerprint density at radius 2 is 2.33 bits per heavy atom. The van der Waals surface area contributed by atoms with Gasteiger partial charge in [-0.2, -0.15) is 0 Å². The summed E-state index contributed by atoms with van der Waals surface area (Å²) < 4.78 is 18.7. The summed E-state index contributed by atoms with van der Waals surface area (Å²) in [7, 11) is 0. The quantitative estimate of drug-likeness (QED) is 0.915. The zero-order chi connectivity index (χ0) is 13.1. The zero-order valence-electron chi connectivity index (χ0n) is 10.3. The molecule has 0 spiro atoms. The molecule has 0 bridgehead atoms. The molecule has 1 fully saturated rings. The highest BCUT2D eigenvalue weighted by Crippen LogP contribution is 2.22. The summed E-state index contributed by atoms with van der Waals surface area (Å²) in [6.07, 6.45) is -0.173. The molecule has 0 amide bonds. The molecule has 1 aliphatic heterocycles. The maximum absolute atomic E-state index is 13.2.